The molecular formula is C19H21N7O. The van der Waals surface area contributed by atoms with Crippen LogP contribution in [-0.4, -0.2) is 50.3 Å². The number of anilines is 2. The van der Waals surface area contributed by atoms with E-state index in [9.17, 15) is 4.79 Å². The molecule has 1 amide bonds. The van der Waals surface area contributed by atoms with Crippen molar-refractivity contribution >= 4 is 17.4 Å². The lowest BCUT2D eigenvalue weighted by atomic mass is 10.2. The Kier molecular flexibility index (Phi) is 4.31. The second kappa shape index (κ2) is 6.79. The molecule has 1 aliphatic rings. The number of carbonyl (C=O) groups excluding carboxylic acids is 1. The molecule has 0 unspecified atom stereocenters. The molecule has 8 heteroatoms. The van der Waals surface area contributed by atoms with Crippen LogP contribution in [0, 0.1) is 13.8 Å². The molecule has 1 saturated heterocycles. The van der Waals surface area contributed by atoms with Crippen molar-refractivity contribution in [3.05, 3.63) is 48.2 Å². The van der Waals surface area contributed by atoms with Gasteiger partial charge >= 0.3 is 0 Å². The summed E-state index contributed by atoms with van der Waals surface area (Å²) in [6, 6.07) is 3.80. The van der Waals surface area contributed by atoms with Crippen LogP contribution in [0.5, 0.6) is 0 Å². The number of carbonyl (C=O) groups is 1. The van der Waals surface area contributed by atoms with E-state index < -0.39 is 0 Å². The summed E-state index contributed by atoms with van der Waals surface area (Å²) in [5, 5.41) is 4.16. The van der Waals surface area contributed by atoms with E-state index in [4.69, 9.17) is 4.98 Å². The maximum atomic E-state index is 12.7. The van der Waals surface area contributed by atoms with E-state index in [1.54, 1.807) is 28.2 Å². The molecule has 8 nitrogen and oxygen atoms in total. The minimum absolute atomic E-state index is 0.0350. The summed E-state index contributed by atoms with van der Waals surface area (Å²) in [5.41, 5.74) is 3.59. The topological polar surface area (TPSA) is 80.0 Å². The first-order valence-electron chi connectivity index (χ1n) is 8.82. The molecule has 1 aliphatic heterocycles. The summed E-state index contributed by atoms with van der Waals surface area (Å²) in [7, 11) is 1.84. The maximum Gasteiger partial charge on any atom is 0.246 e. The zero-order chi connectivity index (χ0) is 19.0. The van der Waals surface area contributed by atoms with E-state index in [1.807, 2.05) is 44.1 Å². The average Bonchev–Trinajstić information content (AvgIpc) is 3.10. The fraction of sp³-hybridized carbons (Fsp3) is 0.316. The fourth-order valence-electron chi connectivity index (χ4n) is 3.22. The van der Waals surface area contributed by atoms with Gasteiger partial charge in [-0.3, -0.25) is 14.5 Å². The Morgan fingerprint density at radius 1 is 1.11 bits per heavy atom. The molecule has 0 bridgehead atoms. The first-order valence-corrected chi connectivity index (χ1v) is 8.82. The number of pyridine rings is 1. The van der Waals surface area contributed by atoms with Gasteiger partial charge in [0, 0.05) is 55.5 Å². The van der Waals surface area contributed by atoms with Crippen LogP contribution < -0.4 is 9.80 Å². The molecule has 0 spiro atoms. The van der Waals surface area contributed by atoms with E-state index in [2.05, 4.69) is 15.1 Å². The van der Waals surface area contributed by atoms with Gasteiger partial charge in [0.1, 0.15) is 5.82 Å². The van der Waals surface area contributed by atoms with Crippen LogP contribution in [0.15, 0.2) is 36.9 Å². The summed E-state index contributed by atoms with van der Waals surface area (Å²) in [4.78, 5) is 30.0. The molecule has 1 fully saturated rings. The summed E-state index contributed by atoms with van der Waals surface area (Å²) in [6.45, 7) is 5.53. The third-order valence-corrected chi connectivity index (χ3v) is 4.81. The van der Waals surface area contributed by atoms with Crippen LogP contribution in [0.25, 0.3) is 11.4 Å². The van der Waals surface area contributed by atoms with Gasteiger partial charge in [0.2, 0.25) is 5.91 Å². The van der Waals surface area contributed by atoms with Crippen molar-refractivity contribution in [3.63, 3.8) is 0 Å². The number of amides is 1. The van der Waals surface area contributed by atoms with Gasteiger partial charge in [0.15, 0.2) is 5.82 Å². The highest BCUT2D eigenvalue weighted by Gasteiger charge is 2.28. The number of rotatable bonds is 3. The number of aryl methyl sites for hydroxylation is 2. The predicted octanol–water partition coefficient (Wildman–Crippen LogP) is 1.74. The summed E-state index contributed by atoms with van der Waals surface area (Å²) in [6.07, 6.45) is 7.05. The quantitative estimate of drug-likeness (QED) is 0.705. The molecule has 0 N–H and O–H groups in total. The number of aromatic nitrogens is 5. The lowest BCUT2D eigenvalue weighted by Gasteiger charge is -2.35. The van der Waals surface area contributed by atoms with Gasteiger partial charge in [0.25, 0.3) is 0 Å². The smallest absolute Gasteiger partial charge is 0.246 e. The standard InChI is InChI=1S/C19H21N7O/c1-13-14(2)22-18(15-5-4-6-20-9-15)23-19(13)25-7-8-26(17(27)12-25)16-10-21-24(3)11-16/h4-6,9-11H,7-8,12H2,1-3H3. The molecular weight excluding hydrogens is 342 g/mol. The van der Waals surface area contributed by atoms with Crippen LogP contribution in [0.3, 0.4) is 0 Å². The molecule has 4 heterocycles. The van der Waals surface area contributed by atoms with Gasteiger partial charge in [-0.2, -0.15) is 5.10 Å². The average molecular weight is 363 g/mol. The van der Waals surface area contributed by atoms with E-state index >= 15 is 0 Å². The van der Waals surface area contributed by atoms with Crippen molar-refractivity contribution in [2.24, 2.45) is 7.05 Å². The zero-order valence-electron chi connectivity index (χ0n) is 15.6. The Hall–Kier alpha value is -3.29. The zero-order valence-corrected chi connectivity index (χ0v) is 15.6. The second-order valence-electron chi connectivity index (χ2n) is 6.66. The van der Waals surface area contributed by atoms with Crippen molar-refractivity contribution in [2.45, 2.75) is 13.8 Å². The van der Waals surface area contributed by atoms with E-state index in [0.29, 0.717) is 18.9 Å². The Labute approximate surface area is 157 Å². The van der Waals surface area contributed by atoms with Gasteiger partial charge in [-0.15, -0.1) is 0 Å². The van der Waals surface area contributed by atoms with Gasteiger partial charge < -0.3 is 9.80 Å². The molecule has 4 rings (SSSR count). The van der Waals surface area contributed by atoms with Crippen molar-refractivity contribution in [1.29, 1.82) is 0 Å². The van der Waals surface area contributed by atoms with Crippen LogP contribution in [-0.2, 0) is 11.8 Å². The molecule has 0 aromatic carbocycles. The Morgan fingerprint density at radius 2 is 1.96 bits per heavy atom. The number of nitrogens with zero attached hydrogens (tertiary/aromatic N) is 7. The molecule has 0 radical (unpaired) electrons. The van der Waals surface area contributed by atoms with Crippen molar-refractivity contribution in [3.8, 4) is 11.4 Å². The van der Waals surface area contributed by atoms with Crippen LogP contribution in [0.2, 0.25) is 0 Å². The third-order valence-electron chi connectivity index (χ3n) is 4.81. The van der Waals surface area contributed by atoms with Gasteiger partial charge in [-0.25, -0.2) is 9.97 Å². The first kappa shape index (κ1) is 17.1. The van der Waals surface area contributed by atoms with Crippen LogP contribution >= 0.6 is 0 Å². The Morgan fingerprint density at radius 3 is 2.63 bits per heavy atom. The monoisotopic (exact) mass is 363 g/mol. The molecule has 27 heavy (non-hydrogen) atoms. The SMILES string of the molecule is Cc1nc(-c2cccnc2)nc(N2CCN(c3cnn(C)c3)C(=O)C2)c1C. The fourth-order valence-corrected chi connectivity index (χ4v) is 3.22. The molecule has 0 atom stereocenters. The Bertz CT molecular complexity index is 983. The highest BCUT2D eigenvalue weighted by atomic mass is 16.2. The third kappa shape index (κ3) is 3.25. The predicted molar refractivity (Wildman–Crippen MR) is 103 cm³/mol. The normalized spacial score (nSPS) is 14.7. The van der Waals surface area contributed by atoms with Crippen LogP contribution in [0.4, 0.5) is 11.5 Å². The second-order valence-corrected chi connectivity index (χ2v) is 6.66. The van der Waals surface area contributed by atoms with Gasteiger partial charge in [0.05, 0.1) is 18.4 Å². The lowest BCUT2D eigenvalue weighted by molar-refractivity contribution is -0.117. The van der Waals surface area contributed by atoms with Crippen molar-refractivity contribution < 1.29 is 4.79 Å². The van der Waals surface area contributed by atoms with Crippen molar-refractivity contribution in [2.75, 3.05) is 29.4 Å². The van der Waals surface area contributed by atoms with E-state index in [-0.39, 0.29) is 12.5 Å². The molecule has 0 aliphatic carbocycles. The minimum atomic E-state index is 0.0350. The molecule has 3 aromatic heterocycles. The lowest BCUT2D eigenvalue weighted by Crippen LogP contribution is -2.51. The minimum Gasteiger partial charge on any atom is -0.345 e. The summed E-state index contributed by atoms with van der Waals surface area (Å²) in [5.74, 6) is 1.47. The molecule has 3 aromatic rings. The number of hydrogen-bond acceptors (Lipinski definition) is 6. The first-order chi connectivity index (χ1) is 13.0. The molecule has 0 saturated carbocycles. The largest absolute Gasteiger partial charge is 0.345 e. The highest BCUT2D eigenvalue weighted by molar-refractivity contribution is 5.97. The van der Waals surface area contributed by atoms with Gasteiger partial charge in [-0.05, 0) is 26.0 Å². The van der Waals surface area contributed by atoms with Crippen molar-refractivity contribution in [1.82, 2.24) is 24.7 Å². The summed E-state index contributed by atoms with van der Waals surface area (Å²) >= 11 is 0. The van der Waals surface area contributed by atoms with E-state index in [1.165, 1.54) is 0 Å². The number of piperazine rings is 1. The molecule has 138 valence electrons. The van der Waals surface area contributed by atoms with Crippen LogP contribution in [0.1, 0.15) is 11.3 Å². The van der Waals surface area contributed by atoms with Gasteiger partial charge in [-0.1, -0.05) is 0 Å². The number of hydrogen-bond donors (Lipinski definition) is 0. The Balaban J connectivity index is 1.62. The highest BCUT2D eigenvalue weighted by Crippen LogP contribution is 2.26. The summed E-state index contributed by atoms with van der Waals surface area (Å²) < 4.78 is 1.70. The maximum absolute atomic E-state index is 12.7. The van der Waals surface area contributed by atoms with E-state index in [0.717, 1.165) is 28.3 Å².